The summed E-state index contributed by atoms with van der Waals surface area (Å²) in [4.78, 5) is 31.9. The highest BCUT2D eigenvalue weighted by atomic mass is 35.5. The van der Waals surface area contributed by atoms with E-state index in [0.717, 1.165) is 23.1 Å². The molecule has 0 bridgehead atoms. The Bertz CT molecular complexity index is 1680. The summed E-state index contributed by atoms with van der Waals surface area (Å²) < 4.78 is 31.2. The van der Waals surface area contributed by atoms with Gasteiger partial charge in [0.25, 0.3) is 12.0 Å². The van der Waals surface area contributed by atoms with Gasteiger partial charge in [0, 0.05) is 30.9 Å². The molecule has 1 saturated heterocycles. The Hall–Kier alpha value is -3.68. The van der Waals surface area contributed by atoms with E-state index in [2.05, 4.69) is 32.6 Å². The van der Waals surface area contributed by atoms with Crippen LogP contribution >= 0.6 is 11.6 Å². The number of nitrogens with zero attached hydrogens (tertiary/aromatic N) is 7. The van der Waals surface area contributed by atoms with Gasteiger partial charge >= 0.3 is 0 Å². The highest BCUT2D eigenvalue weighted by Gasteiger charge is 2.36. The first-order valence-corrected chi connectivity index (χ1v) is 14.2. The van der Waals surface area contributed by atoms with Crippen LogP contribution in [0.5, 0.6) is 0 Å². The molecule has 2 atom stereocenters. The number of benzene rings is 1. The van der Waals surface area contributed by atoms with Gasteiger partial charge in [0.2, 0.25) is 11.6 Å². The van der Waals surface area contributed by atoms with Gasteiger partial charge in [0.05, 0.1) is 30.5 Å². The van der Waals surface area contributed by atoms with Crippen molar-refractivity contribution in [3.8, 4) is 11.3 Å². The fourth-order valence-corrected chi connectivity index (χ4v) is 6.09. The van der Waals surface area contributed by atoms with Crippen molar-refractivity contribution >= 4 is 23.2 Å². The molecule has 2 unspecified atom stereocenters. The number of likely N-dealkylation sites (N-methyl/N-ethyl adjacent to an activating group) is 1. The lowest BCUT2D eigenvalue weighted by molar-refractivity contribution is -0.138. The van der Waals surface area contributed by atoms with Gasteiger partial charge in [-0.15, -0.1) is 0 Å². The number of alkyl halides is 2. The first kappa shape index (κ1) is 28.4. The molecule has 0 saturated carbocycles. The SMILES string of the molecule is CNC1Cc2ccc(-c3cnc4c(=O)n(CC5(O)CCN(C(=O)CC(C(F)F)n6ccc(Cl)n6)CC5)cnn34)cc2C1. The third-order valence-electron chi connectivity index (χ3n) is 8.44. The van der Waals surface area contributed by atoms with Crippen LogP contribution in [0.4, 0.5) is 8.78 Å². The predicted molar refractivity (Wildman–Crippen MR) is 151 cm³/mol. The van der Waals surface area contributed by atoms with Crippen LogP contribution < -0.4 is 10.9 Å². The van der Waals surface area contributed by atoms with Gasteiger partial charge in [-0.1, -0.05) is 23.7 Å². The number of carbonyl (C=O) groups excluding carboxylic acids is 1. The fourth-order valence-electron chi connectivity index (χ4n) is 5.95. The molecule has 42 heavy (non-hydrogen) atoms. The largest absolute Gasteiger partial charge is 0.388 e. The zero-order valence-corrected chi connectivity index (χ0v) is 23.7. The highest BCUT2D eigenvalue weighted by Crippen LogP contribution is 2.29. The lowest BCUT2D eigenvalue weighted by Gasteiger charge is -2.38. The molecule has 3 aromatic heterocycles. The maximum Gasteiger partial charge on any atom is 0.296 e. The molecular formula is C28H31ClF2N8O3. The third kappa shape index (κ3) is 5.43. The maximum absolute atomic E-state index is 13.7. The van der Waals surface area contributed by atoms with E-state index in [9.17, 15) is 23.5 Å². The molecule has 0 radical (unpaired) electrons. The van der Waals surface area contributed by atoms with E-state index < -0.39 is 36.0 Å². The fraction of sp³-hybridized carbons (Fsp3) is 0.464. The summed E-state index contributed by atoms with van der Waals surface area (Å²) in [6, 6.07) is 6.59. The number of hydrogen-bond acceptors (Lipinski definition) is 7. The van der Waals surface area contributed by atoms with E-state index in [1.807, 2.05) is 13.1 Å². The molecule has 11 nitrogen and oxygen atoms in total. The van der Waals surface area contributed by atoms with Crippen LogP contribution in [0.15, 0.2) is 47.8 Å². The van der Waals surface area contributed by atoms with Gasteiger partial charge in [-0.05, 0) is 56.0 Å². The van der Waals surface area contributed by atoms with Crippen LogP contribution in [0.25, 0.3) is 16.9 Å². The molecule has 0 spiro atoms. The molecule has 1 aromatic carbocycles. The Kier molecular flexibility index (Phi) is 7.58. The number of likely N-dealkylation sites (tertiary alicyclic amines) is 1. The number of piperidine rings is 1. The normalized spacial score (nSPS) is 19.0. The summed E-state index contributed by atoms with van der Waals surface area (Å²) in [5.41, 5.74) is 2.67. The van der Waals surface area contributed by atoms with E-state index in [0.29, 0.717) is 11.7 Å². The quantitative estimate of drug-likeness (QED) is 0.318. The van der Waals surface area contributed by atoms with E-state index in [4.69, 9.17) is 11.6 Å². The lowest BCUT2D eigenvalue weighted by Crippen LogP contribution is -2.50. The second-order valence-corrected chi connectivity index (χ2v) is 11.5. The Balaban J connectivity index is 1.13. The monoisotopic (exact) mass is 600 g/mol. The van der Waals surface area contributed by atoms with Crippen molar-refractivity contribution < 1.29 is 18.7 Å². The molecule has 2 N–H and O–H groups in total. The molecular weight excluding hydrogens is 570 g/mol. The van der Waals surface area contributed by atoms with Crippen LogP contribution in [-0.4, -0.2) is 83.1 Å². The standard InChI is InChI=1S/C28H31ClF2N8O3/c1-32-20-11-17-2-3-18(10-19(17)12-20)22-14-33-26-27(41)37(16-34-39(22)26)15-28(42)5-8-36(9-6-28)24(40)13-21(25(30)31)38-7-4-23(29)35-38/h2-4,7,10,14,16,20-21,25,32,42H,5-6,8-9,11-13,15H2,1H3. The average Bonchev–Trinajstić information content (AvgIpc) is 3.71. The summed E-state index contributed by atoms with van der Waals surface area (Å²) in [5, 5.41) is 22.9. The van der Waals surface area contributed by atoms with Crippen LogP contribution in [0.1, 0.15) is 36.4 Å². The molecule has 222 valence electrons. The summed E-state index contributed by atoms with van der Waals surface area (Å²) >= 11 is 5.76. The smallest absolute Gasteiger partial charge is 0.296 e. The van der Waals surface area contributed by atoms with E-state index >= 15 is 0 Å². The van der Waals surface area contributed by atoms with Crippen LogP contribution in [0.3, 0.4) is 0 Å². The summed E-state index contributed by atoms with van der Waals surface area (Å²) in [6.07, 6.45) is 3.34. The molecule has 4 aromatic rings. The van der Waals surface area contributed by atoms with Crippen LogP contribution in [0, 0.1) is 0 Å². The first-order valence-electron chi connectivity index (χ1n) is 13.9. The minimum atomic E-state index is -2.81. The number of rotatable bonds is 8. The second kappa shape index (κ2) is 11.2. The predicted octanol–water partition coefficient (Wildman–Crippen LogP) is 2.34. The molecule has 6 rings (SSSR count). The first-order chi connectivity index (χ1) is 20.1. The number of aliphatic hydroxyl groups is 1. The molecule has 1 amide bonds. The Morgan fingerprint density at radius 1 is 1.21 bits per heavy atom. The molecule has 1 aliphatic heterocycles. The van der Waals surface area contributed by atoms with Crippen molar-refractivity contribution in [2.45, 2.75) is 62.8 Å². The number of halogens is 3. The molecule has 14 heteroatoms. The Labute approximate surface area is 244 Å². The zero-order valence-electron chi connectivity index (χ0n) is 23.0. The minimum absolute atomic E-state index is 0.0325. The van der Waals surface area contributed by atoms with Gasteiger partial charge < -0.3 is 15.3 Å². The highest BCUT2D eigenvalue weighted by molar-refractivity contribution is 6.29. The van der Waals surface area contributed by atoms with Gasteiger partial charge in [0.15, 0.2) is 5.15 Å². The van der Waals surface area contributed by atoms with Gasteiger partial charge in [-0.3, -0.25) is 18.8 Å². The van der Waals surface area contributed by atoms with Crippen molar-refractivity contribution in [2.24, 2.45) is 0 Å². The summed E-state index contributed by atoms with van der Waals surface area (Å²) in [6.45, 7) is 0.293. The minimum Gasteiger partial charge on any atom is -0.388 e. The maximum atomic E-state index is 13.7. The number of imidazole rings is 1. The van der Waals surface area contributed by atoms with Gasteiger partial charge in [0.1, 0.15) is 12.4 Å². The number of nitrogens with one attached hydrogen (secondary N) is 1. The second-order valence-electron chi connectivity index (χ2n) is 11.1. The molecule has 1 fully saturated rings. The summed E-state index contributed by atoms with van der Waals surface area (Å²) in [7, 11) is 1.96. The van der Waals surface area contributed by atoms with Crippen molar-refractivity contribution in [1.29, 1.82) is 0 Å². The van der Waals surface area contributed by atoms with Crippen molar-refractivity contribution in [3.05, 3.63) is 69.6 Å². The van der Waals surface area contributed by atoms with Gasteiger partial charge in [-0.2, -0.15) is 10.2 Å². The third-order valence-corrected chi connectivity index (χ3v) is 8.64. The number of carbonyl (C=O) groups is 1. The molecule has 1 aliphatic carbocycles. The Morgan fingerprint density at radius 3 is 2.67 bits per heavy atom. The lowest BCUT2D eigenvalue weighted by atomic mass is 9.91. The van der Waals surface area contributed by atoms with Gasteiger partial charge in [-0.25, -0.2) is 18.3 Å². The zero-order chi connectivity index (χ0) is 29.6. The topological polar surface area (TPSA) is 123 Å². The number of amides is 1. The van der Waals surface area contributed by atoms with E-state index in [1.54, 1.807) is 6.20 Å². The van der Waals surface area contributed by atoms with Crippen LogP contribution in [0.2, 0.25) is 5.15 Å². The van der Waals surface area contributed by atoms with E-state index in [-0.39, 0.29) is 43.3 Å². The van der Waals surface area contributed by atoms with Crippen molar-refractivity contribution in [3.63, 3.8) is 0 Å². The molecule has 4 heterocycles. The molecule has 2 aliphatic rings. The summed E-state index contributed by atoms with van der Waals surface area (Å²) in [5.74, 6) is -0.466. The van der Waals surface area contributed by atoms with Crippen molar-refractivity contribution in [2.75, 3.05) is 20.1 Å². The van der Waals surface area contributed by atoms with Crippen molar-refractivity contribution in [1.82, 2.24) is 39.2 Å². The average molecular weight is 601 g/mol. The number of aromatic nitrogens is 6. The number of fused-ring (bicyclic) bond motifs is 2. The van der Waals surface area contributed by atoms with E-state index in [1.165, 1.54) is 43.7 Å². The number of hydrogen-bond donors (Lipinski definition) is 2. The Morgan fingerprint density at radius 2 is 1.98 bits per heavy atom. The van der Waals surface area contributed by atoms with Crippen LogP contribution in [-0.2, 0) is 24.2 Å².